The van der Waals surface area contributed by atoms with E-state index in [2.05, 4.69) is 27.6 Å². The van der Waals surface area contributed by atoms with Crippen LogP contribution in [0, 0.1) is 17.8 Å². The van der Waals surface area contributed by atoms with Crippen LogP contribution < -0.4 is 14.4 Å². The number of carbonyl (C=O) groups is 1. The van der Waals surface area contributed by atoms with Crippen molar-refractivity contribution in [1.82, 2.24) is 4.72 Å². The van der Waals surface area contributed by atoms with Crippen LogP contribution >= 0.6 is 11.6 Å². The highest BCUT2D eigenvalue weighted by atomic mass is 35.5. The van der Waals surface area contributed by atoms with Gasteiger partial charge in [-0.25, -0.2) is 4.21 Å². The Kier molecular flexibility index (Phi) is 7.68. The predicted octanol–water partition coefficient (Wildman–Crippen LogP) is 5.94. The highest BCUT2D eigenvalue weighted by Crippen LogP contribution is 2.48. The standard InChI is InChI=1S/C34H43ClN2O4S/c1-22-7-5-15-33(3,39)28-12-9-26(28)19-37-20-34(16-6-8-24-17-27(35)11-13-29(24)34)21-41-31-14-10-25(18-30(31)37)32(38)36-42(4,40)23(22)2/h5,10-11,13-15,17-18,22-23,26,28,39H,4,6-9,12,16,19-21H2,1-3H3,(H,36,38,40)/b15-5+/t22-,23+,26-,28+,33-,34-,42?/m0/s1. The molecule has 2 aromatic carbocycles. The van der Waals surface area contributed by atoms with Crippen molar-refractivity contribution in [3.63, 3.8) is 0 Å². The van der Waals surface area contributed by atoms with Crippen molar-refractivity contribution in [3.8, 4) is 5.75 Å². The smallest absolute Gasteiger partial charge is 0.262 e. The average Bonchev–Trinajstić information content (AvgIpc) is 3.06. The van der Waals surface area contributed by atoms with E-state index in [9.17, 15) is 14.1 Å². The van der Waals surface area contributed by atoms with Crippen molar-refractivity contribution in [3.05, 3.63) is 70.3 Å². The van der Waals surface area contributed by atoms with Crippen LogP contribution in [0.1, 0.15) is 74.4 Å². The molecule has 2 aliphatic carbocycles. The van der Waals surface area contributed by atoms with Gasteiger partial charge in [0.15, 0.2) is 0 Å². The third kappa shape index (κ3) is 5.37. The fourth-order valence-corrected chi connectivity index (χ4v) is 9.29. The number of amides is 1. The SMILES string of the molecule is C=S1(=O)NC(=O)c2ccc3c(c2)N(C[C@@H]2CC[C@H]2[C@@](C)(O)/C=C/C[C@H](C)[C@H]1C)C[C@@]1(CCCc2cc(Cl)ccc21)CO3. The molecule has 42 heavy (non-hydrogen) atoms. The first kappa shape index (κ1) is 29.6. The first-order valence-electron chi connectivity index (χ1n) is 15.3. The van der Waals surface area contributed by atoms with Gasteiger partial charge in [0.1, 0.15) is 5.75 Å². The molecule has 2 N–H and O–H groups in total. The number of fused-ring (bicyclic) bond motifs is 4. The van der Waals surface area contributed by atoms with Crippen molar-refractivity contribution in [2.75, 3.05) is 24.6 Å². The number of halogens is 1. The van der Waals surface area contributed by atoms with Crippen LogP contribution in [0.3, 0.4) is 0 Å². The van der Waals surface area contributed by atoms with Gasteiger partial charge < -0.3 is 14.7 Å². The molecule has 6 rings (SSSR count). The number of nitrogens with zero attached hydrogens (tertiary/aromatic N) is 1. The molecule has 2 aromatic rings. The number of hydrogen-bond donors (Lipinski definition) is 2. The van der Waals surface area contributed by atoms with Gasteiger partial charge in [-0.05, 0) is 117 Å². The summed E-state index contributed by atoms with van der Waals surface area (Å²) in [5.41, 5.74) is 2.70. The molecule has 226 valence electrons. The third-order valence-corrected chi connectivity index (χ3v) is 13.0. The highest BCUT2D eigenvalue weighted by Gasteiger charge is 2.46. The molecule has 2 bridgehead atoms. The maximum atomic E-state index is 13.6. The Morgan fingerprint density at radius 1 is 1.19 bits per heavy atom. The molecule has 0 saturated heterocycles. The van der Waals surface area contributed by atoms with Crippen molar-refractivity contribution in [1.29, 1.82) is 0 Å². The van der Waals surface area contributed by atoms with Crippen LogP contribution in [-0.4, -0.2) is 51.6 Å². The molecule has 8 heteroatoms. The number of rotatable bonds is 0. The molecule has 7 atom stereocenters. The number of nitrogens with one attached hydrogen (secondary N) is 1. The molecular formula is C34H43ClN2O4S. The second kappa shape index (κ2) is 10.9. The Bertz CT molecular complexity index is 1520. The summed E-state index contributed by atoms with van der Waals surface area (Å²) < 4.78 is 23.0. The Morgan fingerprint density at radius 2 is 2.00 bits per heavy atom. The van der Waals surface area contributed by atoms with E-state index in [1.54, 1.807) is 6.07 Å². The zero-order valence-electron chi connectivity index (χ0n) is 24.9. The average molecular weight is 611 g/mol. The number of aliphatic hydroxyl groups is 1. The van der Waals surface area contributed by atoms with Gasteiger partial charge in [0.2, 0.25) is 0 Å². The first-order chi connectivity index (χ1) is 19.9. The minimum Gasteiger partial charge on any atom is -0.490 e. The molecule has 0 radical (unpaired) electrons. The molecule has 1 fully saturated rings. The summed E-state index contributed by atoms with van der Waals surface area (Å²) in [6, 6.07) is 11.8. The van der Waals surface area contributed by atoms with E-state index in [1.165, 1.54) is 11.1 Å². The van der Waals surface area contributed by atoms with Crippen LogP contribution in [0.5, 0.6) is 5.75 Å². The van der Waals surface area contributed by atoms with E-state index >= 15 is 0 Å². The maximum Gasteiger partial charge on any atom is 0.262 e. The maximum absolute atomic E-state index is 13.6. The van der Waals surface area contributed by atoms with Crippen molar-refractivity contribution >= 4 is 38.8 Å². The van der Waals surface area contributed by atoms with Gasteiger partial charge in [-0.1, -0.05) is 36.7 Å². The number of benzene rings is 2. The van der Waals surface area contributed by atoms with Crippen molar-refractivity contribution < 1.29 is 18.8 Å². The zero-order chi connectivity index (χ0) is 29.9. The molecule has 6 nitrogen and oxygen atoms in total. The second-order valence-corrected chi connectivity index (χ2v) is 16.3. The summed E-state index contributed by atoms with van der Waals surface area (Å²) in [6.07, 6.45) is 9.64. The lowest BCUT2D eigenvalue weighted by atomic mass is 9.64. The van der Waals surface area contributed by atoms with E-state index in [-0.39, 0.29) is 28.4 Å². The van der Waals surface area contributed by atoms with Crippen LogP contribution in [0.4, 0.5) is 5.69 Å². The molecular weight excluding hydrogens is 568 g/mol. The molecule has 4 aliphatic rings. The quantitative estimate of drug-likeness (QED) is 0.285. The van der Waals surface area contributed by atoms with Gasteiger partial charge in [-0.15, -0.1) is 0 Å². The normalized spacial score (nSPS) is 37.4. The molecule has 1 unspecified atom stereocenters. The fraction of sp³-hybridized carbons (Fsp3) is 0.529. The number of hydrogen-bond acceptors (Lipinski definition) is 5. The largest absolute Gasteiger partial charge is 0.490 e. The summed E-state index contributed by atoms with van der Waals surface area (Å²) in [6.45, 7) is 7.83. The summed E-state index contributed by atoms with van der Waals surface area (Å²) in [5, 5.41) is 12.0. The van der Waals surface area contributed by atoms with Crippen LogP contribution in [-0.2, 0) is 21.5 Å². The lowest BCUT2D eigenvalue weighted by Crippen LogP contribution is -2.51. The predicted molar refractivity (Wildman–Crippen MR) is 172 cm³/mol. The topological polar surface area (TPSA) is 78.9 Å². The first-order valence-corrected chi connectivity index (χ1v) is 17.4. The van der Waals surface area contributed by atoms with E-state index in [1.807, 2.05) is 51.1 Å². The Labute approximate surface area is 255 Å². The Morgan fingerprint density at radius 3 is 2.76 bits per heavy atom. The molecule has 2 aliphatic heterocycles. The van der Waals surface area contributed by atoms with Gasteiger partial charge in [-0.2, -0.15) is 0 Å². The van der Waals surface area contributed by atoms with E-state index < -0.39 is 15.3 Å². The van der Waals surface area contributed by atoms with Gasteiger partial charge in [0.25, 0.3) is 5.91 Å². The van der Waals surface area contributed by atoms with Gasteiger partial charge in [-0.3, -0.25) is 9.52 Å². The van der Waals surface area contributed by atoms with E-state index in [0.29, 0.717) is 24.5 Å². The monoisotopic (exact) mass is 610 g/mol. The summed E-state index contributed by atoms with van der Waals surface area (Å²) in [7, 11) is -2.93. The lowest BCUT2D eigenvalue weighted by molar-refractivity contribution is -0.0314. The minimum atomic E-state index is -2.93. The second-order valence-electron chi connectivity index (χ2n) is 13.4. The van der Waals surface area contributed by atoms with Crippen molar-refractivity contribution in [2.24, 2.45) is 17.8 Å². The summed E-state index contributed by atoms with van der Waals surface area (Å²) >= 11 is 6.41. The molecule has 0 aromatic heterocycles. The Hall–Kier alpha value is -2.48. The third-order valence-electron chi connectivity index (χ3n) is 10.6. The summed E-state index contributed by atoms with van der Waals surface area (Å²) in [5.74, 6) is 4.73. The molecule has 1 saturated carbocycles. The van der Waals surface area contributed by atoms with Crippen LogP contribution in [0.15, 0.2) is 48.6 Å². The number of ether oxygens (including phenoxy) is 1. The number of aryl methyl sites for hydroxylation is 1. The fourth-order valence-electron chi connectivity index (χ4n) is 7.62. The van der Waals surface area contributed by atoms with E-state index in [4.69, 9.17) is 16.3 Å². The number of carbonyl (C=O) groups excluding carboxylic acids is 1. The number of allylic oxidation sites excluding steroid dienone is 1. The van der Waals surface area contributed by atoms with Gasteiger partial charge in [0.05, 0.1) is 27.6 Å². The van der Waals surface area contributed by atoms with E-state index in [0.717, 1.165) is 61.7 Å². The van der Waals surface area contributed by atoms with Crippen molar-refractivity contribution in [2.45, 2.75) is 75.6 Å². The highest BCUT2D eigenvalue weighted by molar-refractivity contribution is 7.99. The molecule has 1 amide bonds. The summed E-state index contributed by atoms with van der Waals surface area (Å²) in [4.78, 5) is 15.9. The van der Waals surface area contributed by atoms with Gasteiger partial charge >= 0.3 is 0 Å². The zero-order valence-corrected chi connectivity index (χ0v) is 26.5. The Balaban J connectivity index is 1.44. The lowest BCUT2D eigenvalue weighted by Gasteiger charge is -2.48. The molecule has 2 heterocycles. The minimum absolute atomic E-state index is 0.00724. The van der Waals surface area contributed by atoms with Crippen LogP contribution in [0.2, 0.25) is 5.02 Å². The number of anilines is 1. The molecule has 1 spiro atoms. The van der Waals surface area contributed by atoms with Crippen LogP contribution in [0.25, 0.3) is 0 Å². The van der Waals surface area contributed by atoms with Gasteiger partial charge in [0, 0.05) is 34.3 Å².